The molecule has 1 aromatic carbocycles. The topological polar surface area (TPSA) is 101 Å². The number of sulfonamides is 1. The molecule has 1 aliphatic heterocycles. The number of nitro groups is 1. The van der Waals surface area contributed by atoms with Crippen molar-refractivity contribution >= 4 is 55.0 Å². The number of non-ortho nitro benzene ring substituents is 1. The molecule has 148 valence electrons. The molecule has 28 heavy (non-hydrogen) atoms. The second-order valence-electron chi connectivity index (χ2n) is 5.97. The Labute approximate surface area is 174 Å². The van der Waals surface area contributed by atoms with Crippen LogP contribution in [0.5, 0.6) is 0 Å². The number of thiophene rings is 1. The Balaban J connectivity index is 1.61. The largest absolute Gasteiger partial charge is 0.337 e. The predicted molar refractivity (Wildman–Crippen MR) is 109 cm³/mol. The minimum atomic E-state index is -3.56. The predicted octanol–water partition coefficient (Wildman–Crippen LogP) is 2.97. The van der Waals surface area contributed by atoms with E-state index >= 15 is 0 Å². The Bertz CT molecular complexity index is 1030. The summed E-state index contributed by atoms with van der Waals surface area (Å²) in [5.74, 6) is -0.262. The zero-order chi connectivity index (χ0) is 20.3. The van der Waals surface area contributed by atoms with E-state index in [1.54, 1.807) is 29.2 Å². The van der Waals surface area contributed by atoms with E-state index in [0.29, 0.717) is 5.56 Å². The van der Waals surface area contributed by atoms with Crippen molar-refractivity contribution in [3.05, 3.63) is 61.9 Å². The number of nitrogens with zero attached hydrogens (tertiary/aromatic N) is 3. The first-order valence-electron chi connectivity index (χ1n) is 8.24. The number of piperazine rings is 1. The van der Waals surface area contributed by atoms with E-state index in [4.69, 9.17) is 0 Å². The molecule has 2 aromatic rings. The second-order valence-corrected chi connectivity index (χ2v) is 10.6. The molecule has 0 unspecified atom stereocenters. The maximum absolute atomic E-state index is 12.6. The standard InChI is InChI=1S/C17H16BrN3O5S2/c18-15-5-7-17(27-15)28(25,26)20-10-8-19(9-11-20)16(22)6-4-13-2-1-3-14(12-13)21(23)24/h1-7,12H,8-11H2/b6-4+. The summed E-state index contributed by atoms with van der Waals surface area (Å²) >= 11 is 4.42. The second kappa shape index (κ2) is 8.52. The molecule has 0 bridgehead atoms. The van der Waals surface area contributed by atoms with Crippen molar-refractivity contribution in [1.29, 1.82) is 0 Å². The van der Waals surface area contributed by atoms with Gasteiger partial charge in [-0.1, -0.05) is 12.1 Å². The van der Waals surface area contributed by atoms with Crippen LogP contribution in [0.3, 0.4) is 0 Å². The third-order valence-corrected chi connectivity index (χ3v) is 8.18. The van der Waals surface area contributed by atoms with E-state index in [1.807, 2.05) is 0 Å². The average molecular weight is 486 g/mol. The molecule has 1 aromatic heterocycles. The molecule has 0 aliphatic carbocycles. The first-order valence-corrected chi connectivity index (χ1v) is 11.3. The van der Waals surface area contributed by atoms with Gasteiger partial charge in [-0.25, -0.2) is 8.42 Å². The van der Waals surface area contributed by atoms with Crippen molar-refractivity contribution in [2.45, 2.75) is 4.21 Å². The summed E-state index contributed by atoms with van der Waals surface area (Å²) in [6, 6.07) is 9.23. The lowest BCUT2D eigenvalue weighted by Crippen LogP contribution is -2.50. The molecule has 0 saturated carbocycles. The number of benzene rings is 1. The Morgan fingerprint density at radius 2 is 1.89 bits per heavy atom. The van der Waals surface area contributed by atoms with Crippen molar-refractivity contribution < 1.29 is 18.1 Å². The van der Waals surface area contributed by atoms with Gasteiger partial charge in [0.15, 0.2) is 0 Å². The van der Waals surface area contributed by atoms with Crippen LogP contribution in [0.4, 0.5) is 5.69 Å². The van der Waals surface area contributed by atoms with Gasteiger partial charge in [0.1, 0.15) is 4.21 Å². The van der Waals surface area contributed by atoms with Gasteiger partial charge < -0.3 is 4.90 Å². The van der Waals surface area contributed by atoms with Crippen LogP contribution in [0.25, 0.3) is 6.08 Å². The van der Waals surface area contributed by atoms with Crippen LogP contribution in [-0.4, -0.2) is 54.6 Å². The SMILES string of the molecule is O=C(/C=C/c1cccc([N+](=O)[O-])c1)N1CCN(S(=O)(=O)c2ccc(Br)s2)CC1. The number of hydrogen-bond donors (Lipinski definition) is 0. The molecule has 2 heterocycles. The van der Waals surface area contributed by atoms with Crippen LogP contribution in [0.15, 0.2) is 50.5 Å². The zero-order valence-electron chi connectivity index (χ0n) is 14.5. The lowest BCUT2D eigenvalue weighted by molar-refractivity contribution is -0.384. The average Bonchev–Trinajstić information content (AvgIpc) is 3.13. The van der Waals surface area contributed by atoms with Crippen LogP contribution in [0.2, 0.25) is 0 Å². The molecular formula is C17H16BrN3O5S2. The fourth-order valence-corrected chi connectivity index (χ4v) is 6.31. The van der Waals surface area contributed by atoms with Gasteiger partial charge in [0.2, 0.25) is 5.91 Å². The first kappa shape index (κ1) is 20.6. The Morgan fingerprint density at radius 1 is 1.18 bits per heavy atom. The van der Waals surface area contributed by atoms with Crippen molar-refractivity contribution in [3.63, 3.8) is 0 Å². The van der Waals surface area contributed by atoms with E-state index in [2.05, 4.69) is 15.9 Å². The number of carbonyl (C=O) groups is 1. The van der Waals surface area contributed by atoms with Gasteiger partial charge in [0, 0.05) is 44.4 Å². The third kappa shape index (κ3) is 4.66. The molecular weight excluding hydrogens is 470 g/mol. The smallest absolute Gasteiger partial charge is 0.270 e. The van der Waals surface area contributed by atoms with Gasteiger partial charge in [0.25, 0.3) is 15.7 Å². The van der Waals surface area contributed by atoms with Gasteiger partial charge in [-0.2, -0.15) is 4.31 Å². The molecule has 0 atom stereocenters. The molecule has 1 saturated heterocycles. The van der Waals surface area contributed by atoms with Crippen LogP contribution >= 0.6 is 27.3 Å². The number of hydrogen-bond acceptors (Lipinski definition) is 6. The number of halogens is 1. The molecule has 11 heteroatoms. The fourth-order valence-electron chi connectivity index (χ4n) is 2.73. The zero-order valence-corrected chi connectivity index (χ0v) is 17.7. The summed E-state index contributed by atoms with van der Waals surface area (Å²) in [6.07, 6.45) is 2.86. The van der Waals surface area contributed by atoms with E-state index in [1.165, 1.54) is 28.6 Å². The molecule has 0 radical (unpaired) electrons. The summed E-state index contributed by atoms with van der Waals surface area (Å²) in [5, 5.41) is 10.8. The fraction of sp³-hybridized carbons (Fsp3) is 0.235. The minimum Gasteiger partial charge on any atom is -0.337 e. The highest BCUT2D eigenvalue weighted by Crippen LogP contribution is 2.29. The highest BCUT2D eigenvalue weighted by atomic mass is 79.9. The summed E-state index contributed by atoms with van der Waals surface area (Å²) in [5.41, 5.74) is 0.501. The van der Waals surface area contributed by atoms with Crippen LogP contribution in [0, 0.1) is 10.1 Å². The summed E-state index contributed by atoms with van der Waals surface area (Å²) < 4.78 is 27.6. The summed E-state index contributed by atoms with van der Waals surface area (Å²) in [4.78, 5) is 24.2. The quantitative estimate of drug-likeness (QED) is 0.368. The maximum Gasteiger partial charge on any atom is 0.270 e. The molecule has 8 nitrogen and oxygen atoms in total. The summed E-state index contributed by atoms with van der Waals surface area (Å²) in [6.45, 7) is 0.996. The number of carbonyl (C=O) groups excluding carboxylic acids is 1. The van der Waals surface area contributed by atoms with Gasteiger partial charge in [-0.05, 0) is 39.7 Å². The van der Waals surface area contributed by atoms with E-state index in [9.17, 15) is 23.3 Å². The first-order chi connectivity index (χ1) is 13.3. The maximum atomic E-state index is 12.6. The molecule has 0 spiro atoms. The normalized spacial score (nSPS) is 15.8. The Kier molecular flexibility index (Phi) is 6.28. The van der Waals surface area contributed by atoms with E-state index in [-0.39, 0.29) is 42.0 Å². The van der Waals surface area contributed by atoms with Crippen molar-refractivity contribution in [2.75, 3.05) is 26.2 Å². The third-order valence-electron chi connectivity index (χ3n) is 4.19. The lowest BCUT2D eigenvalue weighted by atomic mass is 10.2. The van der Waals surface area contributed by atoms with E-state index in [0.717, 1.165) is 15.1 Å². The molecule has 3 rings (SSSR count). The number of rotatable bonds is 5. The van der Waals surface area contributed by atoms with E-state index < -0.39 is 14.9 Å². The van der Waals surface area contributed by atoms with Crippen molar-refractivity contribution in [3.8, 4) is 0 Å². The minimum absolute atomic E-state index is 0.0476. The van der Waals surface area contributed by atoms with Crippen LogP contribution in [0.1, 0.15) is 5.56 Å². The number of nitro benzene ring substituents is 1. The monoisotopic (exact) mass is 485 g/mol. The van der Waals surface area contributed by atoms with Crippen LogP contribution < -0.4 is 0 Å². The molecule has 0 N–H and O–H groups in total. The molecule has 1 aliphatic rings. The van der Waals surface area contributed by atoms with Crippen LogP contribution in [-0.2, 0) is 14.8 Å². The summed E-state index contributed by atoms with van der Waals surface area (Å²) in [7, 11) is -3.56. The Morgan fingerprint density at radius 3 is 2.50 bits per heavy atom. The highest BCUT2D eigenvalue weighted by Gasteiger charge is 2.30. The Hall–Kier alpha value is -2.08. The van der Waals surface area contributed by atoms with Gasteiger partial charge >= 0.3 is 0 Å². The lowest BCUT2D eigenvalue weighted by Gasteiger charge is -2.33. The van der Waals surface area contributed by atoms with Crippen molar-refractivity contribution in [2.24, 2.45) is 0 Å². The van der Waals surface area contributed by atoms with Crippen molar-refractivity contribution in [1.82, 2.24) is 9.21 Å². The molecule has 1 amide bonds. The number of amides is 1. The van der Waals surface area contributed by atoms with Gasteiger partial charge in [-0.15, -0.1) is 11.3 Å². The molecule has 1 fully saturated rings. The van der Waals surface area contributed by atoms with Gasteiger partial charge in [0.05, 0.1) is 8.71 Å². The highest BCUT2D eigenvalue weighted by molar-refractivity contribution is 9.11. The van der Waals surface area contributed by atoms with Gasteiger partial charge in [-0.3, -0.25) is 14.9 Å².